The largest absolute Gasteiger partial charge is 0.314 e. The van der Waals surface area contributed by atoms with Gasteiger partial charge in [-0.1, -0.05) is 13.8 Å². The molecule has 0 radical (unpaired) electrons. The summed E-state index contributed by atoms with van der Waals surface area (Å²) >= 11 is 0. The molecule has 2 aliphatic rings. The van der Waals surface area contributed by atoms with Crippen LogP contribution in [0.5, 0.6) is 0 Å². The topological polar surface area (TPSA) is 49.4 Å². The van der Waals surface area contributed by atoms with Crippen LogP contribution in [0.3, 0.4) is 0 Å². The van der Waals surface area contributed by atoms with Gasteiger partial charge in [0.15, 0.2) is 0 Å². The molecule has 4 nitrogen and oxygen atoms in total. The second-order valence-electron chi connectivity index (χ2n) is 5.96. The van der Waals surface area contributed by atoms with Crippen molar-refractivity contribution < 1.29 is 8.42 Å². The second kappa shape index (κ2) is 5.88. The fourth-order valence-corrected chi connectivity index (χ4v) is 4.66. The van der Waals surface area contributed by atoms with E-state index in [-0.39, 0.29) is 6.04 Å². The zero-order valence-electron chi connectivity index (χ0n) is 11.6. The van der Waals surface area contributed by atoms with Gasteiger partial charge in [-0.15, -0.1) is 0 Å². The lowest BCUT2D eigenvalue weighted by molar-refractivity contribution is 0.315. The lowest BCUT2D eigenvalue weighted by atomic mass is 10.0. The molecule has 1 aliphatic heterocycles. The van der Waals surface area contributed by atoms with E-state index in [4.69, 9.17) is 0 Å². The molecule has 1 saturated carbocycles. The van der Waals surface area contributed by atoms with Gasteiger partial charge in [0.1, 0.15) is 0 Å². The average Bonchev–Trinajstić information content (AvgIpc) is 2.96. The molecule has 1 aliphatic carbocycles. The minimum absolute atomic E-state index is 0.228. The van der Waals surface area contributed by atoms with Crippen molar-refractivity contribution in [3.8, 4) is 0 Å². The van der Waals surface area contributed by atoms with Crippen LogP contribution in [-0.4, -0.2) is 43.6 Å². The van der Waals surface area contributed by atoms with E-state index in [2.05, 4.69) is 19.2 Å². The average molecular weight is 274 g/mol. The van der Waals surface area contributed by atoms with Crippen LogP contribution in [-0.2, 0) is 10.0 Å². The maximum atomic E-state index is 12.3. The third-order valence-electron chi connectivity index (χ3n) is 3.96. The summed E-state index contributed by atoms with van der Waals surface area (Å²) < 4.78 is 26.4. The molecule has 2 fully saturated rings. The van der Waals surface area contributed by atoms with Crippen molar-refractivity contribution in [1.29, 1.82) is 0 Å². The van der Waals surface area contributed by atoms with Crippen molar-refractivity contribution >= 4 is 10.0 Å². The van der Waals surface area contributed by atoms with Crippen LogP contribution in [0.4, 0.5) is 0 Å². The van der Waals surface area contributed by atoms with Crippen LogP contribution in [0.1, 0.15) is 46.0 Å². The maximum absolute atomic E-state index is 12.3. The molecule has 2 rings (SSSR count). The smallest absolute Gasteiger partial charge is 0.214 e. The Balaban J connectivity index is 1.80. The Morgan fingerprint density at radius 2 is 2.00 bits per heavy atom. The molecule has 1 heterocycles. The third-order valence-corrected chi connectivity index (χ3v) is 5.94. The molecule has 0 amide bonds. The van der Waals surface area contributed by atoms with Crippen LogP contribution in [0.15, 0.2) is 0 Å². The Kier molecular flexibility index (Phi) is 4.67. The van der Waals surface area contributed by atoms with Gasteiger partial charge < -0.3 is 5.32 Å². The van der Waals surface area contributed by atoms with E-state index in [1.54, 1.807) is 4.31 Å². The molecule has 1 saturated heterocycles. The standard InChI is InChI=1S/C13H26N2O2S/c1-11(2)13-5-3-9-15(13)18(16,17)10-4-8-14-12-6-7-12/h11-14H,3-10H2,1-2H3. The van der Waals surface area contributed by atoms with E-state index in [1.165, 1.54) is 12.8 Å². The van der Waals surface area contributed by atoms with Crippen LogP contribution < -0.4 is 5.32 Å². The summed E-state index contributed by atoms with van der Waals surface area (Å²) in [6.07, 6.45) is 5.29. The van der Waals surface area contributed by atoms with Crippen molar-refractivity contribution in [2.45, 2.75) is 58.0 Å². The first kappa shape index (κ1) is 14.3. The highest BCUT2D eigenvalue weighted by molar-refractivity contribution is 7.89. The number of hydrogen-bond donors (Lipinski definition) is 1. The van der Waals surface area contributed by atoms with Gasteiger partial charge in [0.25, 0.3) is 0 Å². The molecule has 0 aromatic rings. The van der Waals surface area contributed by atoms with Crippen molar-refractivity contribution in [2.75, 3.05) is 18.8 Å². The van der Waals surface area contributed by atoms with E-state index in [9.17, 15) is 8.42 Å². The van der Waals surface area contributed by atoms with Crippen molar-refractivity contribution in [3.63, 3.8) is 0 Å². The van der Waals surface area contributed by atoms with Crippen LogP contribution >= 0.6 is 0 Å². The molecule has 0 aromatic carbocycles. The van der Waals surface area contributed by atoms with Crippen molar-refractivity contribution in [2.24, 2.45) is 5.92 Å². The van der Waals surface area contributed by atoms with Crippen molar-refractivity contribution in [3.05, 3.63) is 0 Å². The molecule has 1 N–H and O–H groups in total. The third kappa shape index (κ3) is 3.68. The van der Waals surface area contributed by atoms with Crippen LogP contribution in [0, 0.1) is 5.92 Å². The van der Waals surface area contributed by atoms with Gasteiger partial charge in [-0.3, -0.25) is 0 Å². The summed E-state index contributed by atoms with van der Waals surface area (Å²) in [5.41, 5.74) is 0. The monoisotopic (exact) mass is 274 g/mol. The molecule has 1 atom stereocenters. The van der Waals surface area contributed by atoms with Gasteiger partial charge in [-0.2, -0.15) is 4.31 Å². The highest BCUT2D eigenvalue weighted by Crippen LogP contribution is 2.27. The first-order valence-corrected chi connectivity index (χ1v) is 8.84. The summed E-state index contributed by atoms with van der Waals surface area (Å²) in [5.74, 6) is 0.725. The quantitative estimate of drug-likeness (QED) is 0.717. The molecular weight excluding hydrogens is 248 g/mol. The van der Waals surface area contributed by atoms with Crippen LogP contribution in [0.25, 0.3) is 0 Å². The summed E-state index contributed by atoms with van der Waals surface area (Å²) in [5, 5.41) is 3.37. The Morgan fingerprint density at radius 3 is 2.61 bits per heavy atom. The summed E-state index contributed by atoms with van der Waals surface area (Å²) in [7, 11) is -3.04. The molecule has 106 valence electrons. The van der Waals surface area contributed by atoms with Gasteiger partial charge in [0, 0.05) is 18.6 Å². The van der Waals surface area contributed by atoms with E-state index < -0.39 is 10.0 Å². The summed E-state index contributed by atoms with van der Waals surface area (Å²) in [4.78, 5) is 0. The fraction of sp³-hybridized carbons (Fsp3) is 1.00. The van der Waals surface area contributed by atoms with E-state index in [0.29, 0.717) is 17.7 Å². The Labute approximate surface area is 111 Å². The number of rotatable bonds is 7. The van der Waals surface area contributed by atoms with Gasteiger partial charge in [0.2, 0.25) is 10.0 Å². The predicted octanol–water partition coefficient (Wildman–Crippen LogP) is 1.58. The Morgan fingerprint density at radius 1 is 1.28 bits per heavy atom. The molecule has 0 aromatic heterocycles. The summed E-state index contributed by atoms with van der Waals surface area (Å²) in [6.45, 7) is 5.80. The number of sulfonamides is 1. The first-order valence-electron chi connectivity index (χ1n) is 7.23. The molecule has 0 bridgehead atoms. The normalized spacial score (nSPS) is 26.1. The van der Waals surface area contributed by atoms with Gasteiger partial charge >= 0.3 is 0 Å². The minimum Gasteiger partial charge on any atom is -0.314 e. The fourth-order valence-electron chi connectivity index (χ4n) is 2.74. The molecular formula is C13H26N2O2S. The van der Waals surface area contributed by atoms with E-state index >= 15 is 0 Å². The van der Waals surface area contributed by atoms with Gasteiger partial charge in [-0.25, -0.2) is 8.42 Å². The SMILES string of the molecule is CC(C)C1CCCN1S(=O)(=O)CCCNC1CC1. The predicted molar refractivity (Wildman–Crippen MR) is 74.0 cm³/mol. The van der Waals surface area contributed by atoms with Gasteiger partial charge in [-0.05, 0) is 44.6 Å². The molecule has 1 unspecified atom stereocenters. The number of hydrogen-bond acceptors (Lipinski definition) is 3. The second-order valence-corrected chi connectivity index (χ2v) is 8.00. The first-order chi connectivity index (χ1) is 8.50. The van der Waals surface area contributed by atoms with E-state index in [0.717, 1.165) is 32.4 Å². The lowest BCUT2D eigenvalue weighted by Crippen LogP contribution is -2.40. The number of nitrogens with zero attached hydrogens (tertiary/aromatic N) is 1. The Bertz CT molecular complexity index is 363. The van der Waals surface area contributed by atoms with Gasteiger partial charge in [0.05, 0.1) is 5.75 Å². The zero-order valence-corrected chi connectivity index (χ0v) is 12.4. The zero-order chi connectivity index (χ0) is 13.2. The lowest BCUT2D eigenvalue weighted by Gasteiger charge is -2.26. The highest BCUT2D eigenvalue weighted by atomic mass is 32.2. The molecule has 5 heteroatoms. The molecule has 18 heavy (non-hydrogen) atoms. The van der Waals surface area contributed by atoms with E-state index in [1.807, 2.05) is 0 Å². The number of nitrogens with one attached hydrogen (secondary N) is 1. The Hall–Kier alpha value is -0.130. The minimum atomic E-state index is -3.04. The highest BCUT2D eigenvalue weighted by Gasteiger charge is 2.35. The van der Waals surface area contributed by atoms with Crippen molar-refractivity contribution in [1.82, 2.24) is 9.62 Å². The molecule has 0 spiro atoms. The maximum Gasteiger partial charge on any atom is 0.214 e. The van der Waals surface area contributed by atoms with Crippen LogP contribution in [0.2, 0.25) is 0 Å². The summed E-state index contributed by atoms with van der Waals surface area (Å²) in [6, 6.07) is 0.897.